The van der Waals surface area contributed by atoms with E-state index < -0.39 is 0 Å². The molecule has 26 heavy (non-hydrogen) atoms. The zero-order valence-electron chi connectivity index (χ0n) is 14.8. The van der Waals surface area contributed by atoms with Gasteiger partial charge in [-0.15, -0.1) is 0 Å². The van der Waals surface area contributed by atoms with E-state index in [9.17, 15) is 9.18 Å². The number of fused-ring (bicyclic) bond motifs is 1. The Morgan fingerprint density at radius 2 is 1.96 bits per heavy atom. The average Bonchev–Trinajstić information content (AvgIpc) is 2.61. The van der Waals surface area contributed by atoms with Crippen LogP contribution in [0.15, 0.2) is 45.6 Å². The smallest absolute Gasteiger partial charge is 0.336 e. The Balaban J connectivity index is 1.92. The molecule has 0 saturated heterocycles. The number of halogens is 2. The maximum absolute atomic E-state index is 13.1. The van der Waals surface area contributed by atoms with Gasteiger partial charge in [-0.2, -0.15) is 0 Å². The first-order valence-corrected chi connectivity index (χ1v) is 9.00. The molecule has 3 nitrogen and oxygen atoms in total. The molecule has 0 unspecified atom stereocenters. The van der Waals surface area contributed by atoms with Gasteiger partial charge in [-0.05, 0) is 49.6 Å². The van der Waals surface area contributed by atoms with Crippen molar-refractivity contribution in [2.24, 2.45) is 0 Å². The van der Waals surface area contributed by atoms with Gasteiger partial charge in [0.25, 0.3) is 0 Å². The highest BCUT2D eigenvalue weighted by Gasteiger charge is 2.12. The van der Waals surface area contributed by atoms with Crippen molar-refractivity contribution in [2.45, 2.75) is 39.7 Å². The van der Waals surface area contributed by atoms with Crippen LogP contribution in [0, 0.1) is 12.7 Å². The van der Waals surface area contributed by atoms with Crippen molar-refractivity contribution in [1.29, 1.82) is 0 Å². The lowest BCUT2D eigenvalue weighted by atomic mass is 10.0. The molecule has 0 fully saturated rings. The minimum absolute atomic E-state index is 0.200. The van der Waals surface area contributed by atoms with Gasteiger partial charge >= 0.3 is 5.63 Å². The second-order valence-corrected chi connectivity index (χ2v) is 6.69. The third kappa shape index (κ3) is 3.91. The van der Waals surface area contributed by atoms with E-state index in [4.69, 9.17) is 20.8 Å². The molecule has 0 aliphatic carbocycles. The predicted molar refractivity (Wildman–Crippen MR) is 102 cm³/mol. The third-order valence-corrected chi connectivity index (χ3v) is 4.75. The van der Waals surface area contributed by atoms with Gasteiger partial charge in [0, 0.05) is 22.6 Å². The zero-order chi connectivity index (χ0) is 18.7. The quantitative estimate of drug-likeness (QED) is 0.510. The first-order chi connectivity index (χ1) is 12.5. The van der Waals surface area contributed by atoms with Gasteiger partial charge < -0.3 is 9.15 Å². The Kier molecular flexibility index (Phi) is 5.62. The summed E-state index contributed by atoms with van der Waals surface area (Å²) in [5, 5.41) is 1.25. The van der Waals surface area contributed by atoms with Gasteiger partial charge in [-0.1, -0.05) is 31.0 Å². The number of aryl methyl sites for hydroxylation is 2. The molecule has 0 radical (unpaired) electrons. The largest absolute Gasteiger partial charge is 0.488 e. The van der Waals surface area contributed by atoms with E-state index in [-0.39, 0.29) is 18.0 Å². The highest BCUT2D eigenvalue weighted by Crippen LogP contribution is 2.30. The normalized spacial score (nSPS) is 11.1. The first kappa shape index (κ1) is 18.5. The minimum atomic E-state index is -0.387. The molecule has 0 bridgehead atoms. The first-order valence-electron chi connectivity index (χ1n) is 8.62. The number of rotatable bonds is 6. The second-order valence-electron chi connectivity index (χ2n) is 6.28. The maximum atomic E-state index is 13.1. The van der Waals surface area contributed by atoms with E-state index in [0.717, 1.165) is 35.8 Å². The third-order valence-electron chi connectivity index (χ3n) is 4.39. The fraction of sp³-hybridized carbons (Fsp3) is 0.286. The molecule has 3 aromatic rings. The van der Waals surface area contributed by atoms with Crippen LogP contribution in [0.2, 0.25) is 5.02 Å². The second kappa shape index (κ2) is 7.92. The summed E-state index contributed by atoms with van der Waals surface area (Å²) >= 11 is 6.04. The summed E-state index contributed by atoms with van der Waals surface area (Å²) in [6.07, 6.45) is 2.91. The summed E-state index contributed by atoms with van der Waals surface area (Å²) in [5.41, 5.74) is 2.63. The molecule has 0 atom stereocenters. The molecule has 2 aromatic carbocycles. The molecular formula is C21H20ClFO3. The highest BCUT2D eigenvalue weighted by atomic mass is 35.5. The molecule has 0 amide bonds. The van der Waals surface area contributed by atoms with Crippen LogP contribution in [0.5, 0.6) is 5.75 Å². The van der Waals surface area contributed by atoms with E-state index >= 15 is 0 Å². The number of ether oxygens (including phenoxy) is 1. The van der Waals surface area contributed by atoms with Crippen LogP contribution in [0.4, 0.5) is 4.39 Å². The summed E-state index contributed by atoms with van der Waals surface area (Å²) in [6.45, 7) is 4.17. The lowest BCUT2D eigenvalue weighted by Crippen LogP contribution is -2.03. The van der Waals surface area contributed by atoms with Gasteiger partial charge in [0.2, 0.25) is 0 Å². The standard InChI is InChI=1S/C21H20ClFO3/c1-3-4-5-14-10-20(24)26-21-13(2)19(9-8-17(14)21)25-12-15-6-7-16(23)11-18(15)22/h6-11H,3-5,12H2,1-2H3. The Morgan fingerprint density at radius 3 is 2.69 bits per heavy atom. The molecule has 0 saturated carbocycles. The van der Waals surface area contributed by atoms with Crippen molar-refractivity contribution >= 4 is 22.6 Å². The van der Waals surface area contributed by atoms with Gasteiger partial charge in [-0.3, -0.25) is 0 Å². The van der Waals surface area contributed by atoms with Crippen LogP contribution in [-0.2, 0) is 13.0 Å². The molecule has 5 heteroatoms. The summed E-state index contributed by atoms with van der Waals surface area (Å²) < 4.78 is 24.4. The van der Waals surface area contributed by atoms with E-state index in [1.807, 2.05) is 19.1 Å². The number of unbranched alkanes of at least 4 members (excludes halogenated alkanes) is 1. The van der Waals surface area contributed by atoms with Crippen molar-refractivity contribution in [2.75, 3.05) is 0 Å². The van der Waals surface area contributed by atoms with E-state index in [1.54, 1.807) is 12.1 Å². The lowest BCUT2D eigenvalue weighted by molar-refractivity contribution is 0.304. The summed E-state index contributed by atoms with van der Waals surface area (Å²) in [6, 6.07) is 9.54. The van der Waals surface area contributed by atoms with Crippen LogP contribution < -0.4 is 10.4 Å². The molecule has 0 N–H and O–H groups in total. The van der Waals surface area contributed by atoms with E-state index in [2.05, 4.69) is 6.92 Å². The predicted octanol–water partition coefficient (Wildman–Crippen LogP) is 5.82. The molecule has 0 aliphatic rings. The Morgan fingerprint density at radius 1 is 1.15 bits per heavy atom. The zero-order valence-corrected chi connectivity index (χ0v) is 15.5. The highest BCUT2D eigenvalue weighted by molar-refractivity contribution is 6.31. The molecule has 136 valence electrons. The van der Waals surface area contributed by atoms with Crippen molar-refractivity contribution in [3.63, 3.8) is 0 Å². The fourth-order valence-corrected chi connectivity index (χ4v) is 3.15. The Bertz CT molecular complexity index is 994. The minimum Gasteiger partial charge on any atom is -0.488 e. The van der Waals surface area contributed by atoms with Crippen LogP contribution in [0.25, 0.3) is 11.0 Å². The van der Waals surface area contributed by atoms with Gasteiger partial charge in [0.05, 0.1) is 5.02 Å². The maximum Gasteiger partial charge on any atom is 0.336 e. The molecule has 1 aromatic heterocycles. The van der Waals surface area contributed by atoms with Crippen molar-refractivity contribution < 1.29 is 13.5 Å². The monoisotopic (exact) mass is 374 g/mol. The number of benzene rings is 2. The van der Waals surface area contributed by atoms with Crippen LogP contribution in [-0.4, -0.2) is 0 Å². The Labute approximate surface area is 156 Å². The van der Waals surface area contributed by atoms with Crippen molar-refractivity contribution in [3.05, 3.63) is 74.3 Å². The molecular weight excluding hydrogens is 355 g/mol. The fourth-order valence-electron chi connectivity index (χ4n) is 2.93. The Hall–Kier alpha value is -2.33. The number of hydrogen-bond acceptors (Lipinski definition) is 3. The van der Waals surface area contributed by atoms with Gasteiger partial charge in [0.15, 0.2) is 0 Å². The topological polar surface area (TPSA) is 39.4 Å². The molecule has 0 aliphatic heterocycles. The molecule has 0 spiro atoms. The lowest BCUT2D eigenvalue weighted by Gasteiger charge is -2.13. The molecule has 1 heterocycles. The van der Waals surface area contributed by atoms with Crippen LogP contribution >= 0.6 is 11.6 Å². The van der Waals surface area contributed by atoms with Crippen LogP contribution in [0.1, 0.15) is 36.5 Å². The van der Waals surface area contributed by atoms with Gasteiger partial charge in [-0.25, -0.2) is 9.18 Å². The van der Waals surface area contributed by atoms with E-state index in [1.165, 1.54) is 12.1 Å². The van der Waals surface area contributed by atoms with Crippen molar-refractivity contribution in [3.8, 4) is 5.75 Å². The number of hydrogen-bond donors (Lipinski definition) is 0. The van der Waals surface area contributed by atoms with Gasteiger partial charge in [0.1, 0.15) is 23.8 Å². The average molecular weight is 375 g/mol. The SMILES string of the molecule is CCCCc1cc(=O)oc2c(C)c(OCc3ccc(F)cc3Cl)ccc12. The summed E-state index contributed by atoms with van der Waals surface area (Å²) in [7, 11) is 0. The summed E-state index contributed by atoms with van der Waals surface area (Å²) in [4.78, 5) is 11.9. The van der Waals surface area contributed by atoms with Crippen molar-refractivity contribution in [1.82, 2.24) is 0 Å². The van der Waals surface area contributed by atoms with Crippen LogP contribution in [0.3, 0.4) is 0 Å². The van der Waals surface area contributed by atoms with E-state index in [0.29, 0.717) is 21.9 Å². The summed E-state index contributed by atoms with van der Waals surface area (Å²) in [5.74, 6) is 0.218. The molecule has 3 rings (SSSR count).